The van der Waals surface area contributed by atoms with E-state index in [1.165, 1.54) is 0 Å². The number of aromatic nitrogens is 2. The van der Waals surface area contributed by atoms with Gasteiger partial charge in [0.15, 0.2) is 6.61 Å². The molecular weight excluding hydrogens is 392 g/mol. The topological polar surface area (TPSA) is 120 Å². The number of ether oxygens (including phenoxy) is 2. The van der Waals surface area contributed by atoms with Gasteiger partial charge >= 0.3 is 0 Å². The molecule has 1 aromatic heterocycles. The van der Waals surface area contributed by atoms with Crippen molar-refractivity contribution in [1.29, 1.82) is 0 Å². The molecule has 3 rings (SSSR count). The summed E-state index contributed by atoms with van der Waals surface area (Å²) in [5, 5.41) is 9.90. The largest absolute Gasteiger partial charge is 0.484 e. The Kier molecular flexibility index (Phi) is 6.37. The molecule has 1 amide bonds. The Labute approximate surface area is 161 Å². The molecule has 11 heteroatoms. The van der Waals surface area contributed by atoms with E-state index in [1.807, 2.05) is 19.1 Å². The van der Waals surface area contributed by atoms with Gasteiger partial charge in [-0.1, -0.05) is 29.0 Å². The SMILES string of the molecule is Cc1ccc(OCC(=O)Nc2nnc(S(=O)(=O)NC[C@@H]3CCCO3)s2)cc1. The van der Waals surface area contributed by atoms with E-state index in [-0.39, 0.29) is 28.7 Å². The summed E-state index contributed by atoms with van der Waals surface area (Å²) in [6.07, 6.45) is 1.62. The molecule has 1 atom stereocenters. The van der Waals surface area contributed by atoms with Crippen molar-refractivity contribution >= 4 is 32.4 Å². The maximum absolute atomic E-state index is 12.2. The minimum Gasteiger partial charge on any atom is -0.484 e. The van der Waals surface area contributed by atoms with Crippen molar-refractivity contribution in [2.45, 2.75) is 30.2 Å². The maximum Gasteiger partial charge on any atom is 0.269 e. The van der Waals surface area contributed by atoms with Crippen LogP contribution in [0, 0.1) is 6.92 Å². The van der Waals surface area contributed by atoms with Crippen LogP contribution >= 0.6 is 11.3 Å². The standard InChI is InChI=1S/C16H20N4O5S2/c1-11-4-6-12(7-5-11)25-10-14(21)18-15-19-20-16(26-15)27(22,23)17-9-13-3-2-8-24-13/h4-7,13,17H,2-3,8-10H2,1H3,(H,18,19,21)/t13-/m0/s1. The number of rotatable bonds is 8. The lowest BCUT2D eigenvalue weighted by Gasteiger charge is -2.09. The molecule has 2 aromatic rings. The first kappa shape index (κ1) is 19.7. The van der Waals surface area contributed by atoms with Crippen LogP contribution in [0.5, 0.6) is 5.75 Å². The predicted molar refractivity (Wildman–Crippen MR) is 99.4 cm³/mol. The van der Waals surface area contributed by atoms with Crippen LogP contribution in [-0.2, 0) is 19.6 Å². The number of hydrogen-bond acceptors (Lipinski definition) is 8. The summed E-state index contributed by atoms with van der Waals surface area (Å²) >= 11 is 0.773. The van der Waals surface area contributed by atoms with Crippen LogP contribution in [0.3, 0.4) is 0 Å². The Morgan fingerprint density at radius 3 is 2.81 bits per heavy atom. The van der Waals surface area contributed by atoms with Crippen molar-refractivity contribution in [3.05, 3.63) is 29.8 Å². The highest BCUT2D eigenvalue weighted by molar-refractivity contribution is 7.91. The number of benzene rings is 1. The van der Waals surface area contributed by atoms with Crippen molar-refractivity contribution in [2.24, 2.45) is 0 Å². The van der Waals surface area contributed by atoms with E-state index in [1.54, 1.807) is 12.1 Å². The molecule has 27 heavy (non-hydrogen) atoms. The maximum atomic E-state index is 12.2. The molecule has 0 aliphatic carbocycles. The van der Waals surface area contributed by atoms with Crippen molar-refractivity contribution in [3.63, 3.8) is 0 Å². The Hall–Kier alpha value is -2.08. The second-order valence-corrected chi connectivity index (χ2v) is 8.93. The van der Waals surface area contributed by atoms with Gasteiger partial charge < -0.3 is 9.47 Å². The van der Waals surface area contributed by atoms with Crippen LogP contribution in [0.15, 0.2) is 28.6 Å². The zero-order valence-corrected chi connectivity index (χ0v) is 16.3. The highest BCUT2D eigenvalue weighted by atomic mass is 32.2. The minimum absolute atomic E-state index is 0.0880. The first-order valence-corrected chi connectivity index (χ1v) is 10.7. The second-order valence-electron chi connectivity index (χ2n) is 6.01. The first-order valence-electron chi connectivity index (χ1n) is 8.36. The van der Waals surface area contributed by atoms with Gasteiger partial charge in [0.1, 0.15) is 5.75 Å². The summed E-state index contributed by atoms with van der Waals surface area (Å²) in [5.41, 5.74) is 1.09. The number of nitrogens with zero attached hydrogens (tertiary/aromatic N) is 2. The van der Waals surface area contributed by atoms with Crippen LogP contribution < -0.4 is 14.8 Å². The molecule has 1 aliphatic rings. The number of carbonyl (C=O) groups excluding carboxylic acids is 1. The summed E-state index contributed by atoms with van der Waals surface area (Å²) in [6.45, 7) is 2.56. The van der Waals surface area contributed by atoms with E-state index in [4.69, 9.17) is 9.47 Å². The lowest BCUT2D eigenvalue weighted by molar-refractivity contribution is -0.118. The summed E-state index contributed by atoms with van der Waals surface area (Å²) in [6, 6.07) is 7.27. The van der Waals surface area contributed by atoms with E-state index in [2.05, 4.69) is 20.2 Å². The fraction of sp³-hybridized carbons (Fsp3) is 0.438. The number of hydrogen-bond donors (Lipinski definition) is 2. The predicted octanol–water partition coefficient (Wildman–Crippen LogP) is 1.32. The van der Waals surface area contributed by atoms with E-state index in [9.17, 15) is 13.2 Å². The Morgan fingerprint density at radius 2 is 2.11 bits per heavy atom. The molecule has 2 N–H and O–H groups in total. The molecule has 0 unspecified atom stereocenters. The molecule has 1 aliphatic heterocycles. The third kappa shape index (κ3) is 5.70. The minimum atomic E-state index is -3.79. The van der Waals surface area contributed by atoms with Gasteiger partial charge in [0.25, 0.3) is 15.9 Å². The third-order valence-electron chi connectivity index (χ3n) is 3.80. The van der Waals surface area contributed by atoms with Crippen LogP contribution in [0.2, 0.25) is 0 Å². The molecule has 1 saturated heterocycles. The quantitative estimate of drug-likeness (QED) is 0.628. The van der Waals surface area contributed by atoms with Crippen molar-refractivity contribution in [2.75, 3.05) is 25.1 Å². The fourth-order valence-electron chi connectivity index (χ4n) is 2.38. The summed E-state index contributed by atoms with van der Waals surface area (Å²) in [7, 11) is -3.79. The first-order chi connectivity index (χ1) is 12.9. The van der Waals surface area contributed by atoms with E-state index < -0.39 is 15.9 Å². The van der Waals surface area contributed by atoms with Crippen molar-refractivity contribution < 1.29 is 22.7 Å². The molecule has 1 fully saturated rings. The Morgan fingerprint density at radius 1 is 1.33 bits per heavy atom. The van der Waals surface area contributed by atoms with E-state index in [0.29, 0.717) is 12.4 Å². The monoisotopic (exact) mass is 412 g/mol. The highest BCUT2D eigenvalue weighted by Crippen LogP contribution is 2.20. The third-order valence-corrected chi connectivity index (χ3v) is 6.43. The van der Waals surface area contributed by atoms with E-state index >= 15 is 0 Å². The van der Waals surface area contributed by atoms with Gasteiger partial charge in [-0.15, -0.1) is 10.2 Å². The number of amides is 1. The Balaban J connectivity index is 1.50. The highest BCUT2D eigenvalue weighted by Gasteiger charge is 2.24. The molecule has 0 radical (unpaired) electrons. The number of anilines is 1. The van der Waals surface area contributed by atoms with Gasteiger partial charge in [0.2, 0.25) is 9.47 Å². The van der Waals surface area contributed by atoms with Gasteiger partial charge in [0, 0.05) is 13.2 Å². The summed E-state index contributed by atoms with van der Waals surface area (Å²) < 4.78 is 37.4. The van der Waals surface area contributed by atoms with Crippen molar-refractivity contribution in [3.8, 4) is 5.75 Å². The van der Waals surface area contributed by atoms with Gasteiger partial charge in [-0.25, -0.2) is 13.1 Å². The molecule has 2 heterocycles. The van der Waals surface area contributed by atoms with E-state index in [0.717, 1.165) is 29.7 Å². The molecule has 0 spiro atoms. The number of carbonyl (C=O) groups is 1. The summed E-state index contributed by atoms with van der Waals surface area (Å²) in [4.78, 5) is 11.9. The summed E-state index contributed by atoms with van der Waals surface area (Å²) in [5.74, 6) is 0.109. The fourth-order valence-corrected chi connectivity index (χ4v) is 4.40. The molecular formula is C16H20N4O5S2. The zero-order valence-electron chi connectivity index (χ0n) is 14.7. The molecule has 0 saturated carbocycles. The van der Waals surface area contributed by atoms with Gasteiger partial charge in [-0.2, -0.15) is 0 Å². The second kappa shape index (κ2) is 8.74. The molecule has 9 nitrogen and oxygen atoms in total. The van der Waals surface area contributed by atoms with Crippen LogP contribution in [-0.4, -0.2) is 50.4 Å². The van der Waals surface area contributed by atoms with Crippen LogP contribution in [0.1, 0.15) is 18.4 Å². The zero-order chi connectivity index (χ0) is 19.3. The normalized spacial score (nSPS) is 17.0. The van der Waals surface area contributed by atoms with Gasteiger partial charge in [-0.05, 0) is 31.9 Å². The number of nitrogens with one attached hydrogen (secondary N) is 2. The lowest BCUT2D eigenvalue weighted by atomic mass is 10.2. The smallest absolute Gasteiger partial charge is 0.269 e. The van der Waals surface area contributed by atoms with Crippen molar-refractivity contribution in [1.82, 2.24) is 14.9 Å². The lowest BCUT2D eigenvalue weighted by Crippen LogP contribution is -2.31. The average Bonchev–Trinajstić information content (AvgIpc) is 3.32. The number of sulfonamides is 1. The molecule has 0 bridgehead atoms. The average molecular weight is 412 g/mol. The van der Waals surface area contributed by atoms with Crippen LogP contribution in [0.25, 0.3) is 0 Å². The number of aryl methyl sites for hydroxylation is 1. The van der Waals surface area contributed by atoms with Crippen LogP contribution in [0.4, 0.5) is 5.13 Å². The molecule has 1 aromatic carbocycles. The molecule has 146 valence electrons. The Bertz CT molecular complexity index is 876. The van der Waals surface area contributed by atoms with Gasteiger partial charge in [0.05, 0.1) is 6.10 Å². The van der Waals surface area contributed by atoms with Gasteiger partial charge in [-0.3, -0.25) is 10.1 Å².